The first kappa shape index (κ1) is 10.6. The Bertz CT molecular complexity index is 703. The topological polar surface area (TPSA) is 13.1 Å². The number of rotatable bonds is 0. The summed E-state index contributed by atoms with van der Waals surface area (Å²) >= 11 is 12.8. The van der Waals surface area contributed by atoms with Crippen molar-refractivity contribution in [1.82, 2.24) is 0 Å². The number of hydrogen-bond acceptors (Lipinski definition) is 1. The van der Waals surface area contributed by atoms with Gasteiger partial charge in [-0.15, -0.1) is 0 Å². The van der Waals surface area contributed by atoms with Crippen LogP contribution in [0.25, 0.3) is 21.7 Å². The zero-order chi connectivity index (χ0) is 11.3. The second-order valence-corrected chi connectivity index (χ2v) is 5.48. The molecule has 0 spiro atoms. The zero-order valence-corrected chi connectivity index (χ0v) is 11.9. The van der Waals surface area contributed by atoms with Crippen LogP contribution in [0, 0.1) is 0 Å². The van der Waals surface area contributed by atoms with E-state index in [2.05, 4.69) is 37.9 Å². The third kappa shape index (κ3) is 1.58. The van der Waals surface area contributed by atoms with Crippen molar-refractivity contribution in [2.75, 3.05) is 0 Å². The molecule has 1 nitrogen and oxygen atoms in total. The van der Waals surface area contributed by atoms with E-state index in [1.54, 1.807) is 0 Å². The maximum absolute atomic E-state index is 5.96. The second kappa shape index (κ2) is 3.76. The molecule has 1 aromatic heterocycles. The van der Waals surface area contributed by atoms with E-state index in [-0.39, 0.29) is 0 Å². The molecule has 0 radical (unpaired) electrons. The predicted octanol–water partition coefficient (Wildman–Crippen LogP) is 5.76. The Morgan fingerprint density at radius 2 is 1.81 bits per heavy atom. The summed E-state index contributed by atoms with van der Waals surface area (Å²) in [5.41, 5.74) is 0.841. The Kier molecular flexibility index (Phi) is 2.50. The lowest BCUT2D eigenvalue weighted by Crippen LogP contribution is -1.73. The summed E-state index contributed by atoms with van der Waals surface area (Å²) in [6.45, 7) is 0. The highest BCUT2D eigenvalue weighted by Crippen LogP contribution is 2.37. The molecule has 0 saturated heterocycles. The molecule has 0 saturated carbocycles. The van der Waals surface area contributed by atoms with Crippen LogP contribution >= 0.6 is 43.5 Å². The Morgan fingerprint density at radius 1 is 1.00 bits per heavy atom. The fraction of sp³-hybridized carbons (Fsp3) is 0. The summed E-state index contributed by atoms with van der Waals surface area (Å²) in [5.74, 6) is 0. The average molecular weight is 360 g/mol. The summed E-state index contributed by atoms with van der Waals surface area (Å²) in [5, 5.41) is 4.01. The molecule has 1 heterocycles. The lowest BCUT2D eigenvalue weighted by Gasteiger charge is -1.98. The van der Waals surface area contributed by atoms with Gasteiger partial charge in [-0.2, -0.15) is 0 Å². The minimum absolute atomic E-state index is 0.712. The highest BCUT2D eigenvalue weighted by Gasteiger charge is 2.10. The second-order valence-electron chi connectivity index (χ2n) is 3.53. The van der Waals surface area contributed by atoms with Crippen molar-refractivity contribution in [3.63, 3.8) is 0 Å². The smallest absolute Gasteiger partial charge is 0.184 e. The van der Waals surface area contributed by atoms with Crippen LogP contribution in [0.1, 0.15) is 0 Å². The summed E-state index contributed by atoms with van der Waals surface area (Å²) < 4.78 is 7.23. The van der Waals surface area contributed by atoms with E-state index in [1.807, 2.05) is 24.3 Å². The van der Waals surface area contributed by atoms with Gasteiger partial charge in [0.2, 0.25) is 0 Å². The van der Waals surface area contributed by atoms with Gasteiger partial charge in [-0.05, 0) is 66.9 Å². The van der Waals surface area contributed by atoms with Gasteiger partial charge in [0.25, 0.3) is 0 Å². The van der Waals surface area contributed by atoms with Gasteiger partial charge in [0.05, 0.1) is 4.47 Å². The van der Waals surface area contributed by atoms with Crippen molar-refractivity contribution in [1.29, 1.82) is 0 Å². The van der Waals surface area contributed by atoms with Crippen LogP contribution in [0.4, 0.5) is 0 Å². The number of hydrogen-bond donors (Lipinski definition) is 0. The quantitative estimate of drug-likeness (QED) is 0.496. The lowest BCUT2D eigenvalue weighted by molar-refractivity contribution is 0.585. The first-order valence-electron chi connectivity index (χ1n) is 4.62. The number of fused-ring (bicyclic) bond motifs is 2. The summed E-state index contributed by atoms with van der Waals surface area (Å²) in [4.78, 5) is 0. The van der Waals surface area contributed by atoms with Crippen LogP contribution in [-0.4, -0.2) is 0 Å². The molecular formula is C12H5Br2ClO. The van der Waals surface area contributed by atoms with E-state index < -0.39 is 0 Å². The monoisotopic (exact) mass is 358 g/mol. The molecule has 0 aliphatic rings. The van der Waals surface area contributed by atoms with Gasteiger partial charge < -0.3 is 4.42 Å². The maximum Gasteiger partial charge on any atom is 0.184 e. The highest BCUT2D eigenvalue weighted by molar-refractivity contribution is 9.13. The molecule has 0 unspecified atom stereocenters. The van der Waals surface area contributed by atoms with Crippen LogP contribution < -0.4 is 0 Å². The van der Waals surface area contributed by atoms with Crippen LogP contribution in [0.3, 0.4) is 0 Å². The van der Waals surface area contributed by atoms with E-state index in [1.165, 1.54) is 0 Å². The molecule has 0 bridgehead atoms. The molecule has 80 valence electrons. The van der Waals surface area contributed by atoms with Gasteiger partial charge in [0.15, 0.2) is 4.67 Å². The van der Waals surface area contributed by atoms with Crippen molar-refractivity contribution >= 4 is 65.2 Å². The largest absolute Gasteiger partial charge is 0.448 e. The van der Waals surface area contributed by atoms with E-state index in [9.17, 15) is 0 Å². The average Bonchev–Trinajstić information content (AvgIpc) is 2.52. The first-order chi connectivity index (χ1) is 7.65. The summed E-state index contributed by atoms with van der Waals surface area (Å²) in [7, 11) is 0. The molecule has 0 atom stereocenters. The van der Waals surface area contributed by atoms with Gasteiger partial charge in [-0.25, -0.2) is 0 Å². The van der Waals surface area contributed by atoms with Crippen molar-refractivity contribution < 1.29 is 4.42 Å². The van der Waals surface area contributed by atoms with E-state index in [4.69, 9.17) is 16.0 Å². The molecule has 0 fully saturated rings. The molecule has 2 aromatic carbocycles. The van der Waals surface area contributed by atoms with Crippen LogP contribution in [0.5, 0.6) is 0 Å². The van der Waals surface area contributed by atoms with Crippen LogP contribution in [0.15, 0.2) is 43.9 Å². The molecule has 4 heteroatoms. The standard InChI is InChI=1S/C12H5Br2ClO/c13-11-9-4-6-1-2-8(15)3-7(6)5-10(9)16-12(11)14/h1-5H. The fourth-order valence-electron chi connectivity index (χ4n) is 1.75. The summed E-state index contributed by atoms with van der Waals surface area (Å²) in [6.07, 6.45) is 0. The normalized spacial score (nSPS) is 11.4. The third-order valence-electron chi connectivity index (χ3n) is 2.51. The van der Waals surface area contributed by atoms with E-state index in [0.717, 1.165) is 31.2 Å². The zero-order valence-electron chi connectivity index (χ0n) is 7.93. The lowest BCUT2D eigenvalue weighted by atomic mass is 10.1. The van der Waals surface area contributed by atoms with Gasteiger partial charge in [0.1, 0.15) is 5.58 Å². The molecular weight excluding hydrogens is 355 g/mol. The fourth-order valence-corrected chi connectivity index (χ4v) is 2.71. The third-order valence-corrected chi connectivity index (χ3v) is 4.62. The molecule has 3 aromatic rings. The SMILES string of the molecule is Clc1ccc2cc3c(Br)c(Br)oc3cc2c1. The van der Waals surface area contributed by atoms with Gasteiger partial charge in [-0.1, -0.05) is 17.7 Å². The number of benzene rings is 2. The van der Waals surface area contributed by atoms with Crippen LogP contribution in [0.2, 0.25) is 5.02 Å². The number of furan rings is 1. The predicted molar refractivity (Wildman–Crippen MR) is 74.1 cm³/mol. The Hall–Kier alpha value is -0.510. The van der Waals surface area contributed by atoms with Gasteiger partial charge >= 0.3 is 0 Å². The molecule has 0 aliphatic heterocycles. The minimum Gasteiger partial charge on any atom is -0.448 e. The minimum atomic E-state index is 0.712. The van der Waals surface area contributed by atoms with Crippen molar-refractivity contribution in [3.8, 4) is 0 Å². The summed E-state index contributed by atoms with van der Waals surface area (Å²) in [6, 6.07) is 9.90. The van der Waals surface area contributed by atoms with Crippen molar-refractivity contribution in [3.05, 3.63) is 44.5 Å². The molecule has 3 rings (SSSR count). The van der Waals surface area contributed by atoms with E-state index >= 15 is 0 Å². The molecule has 0 N–H and O–H groups in total. The molecule has 0 aliphatic carbocycles. The Balaban J connectivity index is 2.48. The first-order valence-corrected chi connectivity index (χ1v) is 6.58. The number of halogens is 3. The Labute approximate surface area is 114 Å². The molecule has 16 heavy (non-hydrogen) atoms. The van der Waals surface area contributed by atoms with Crippen LogP contribution in [-0.2, 0) is 0 Å². The maximum atomic E-state index is 5.96. The van der Waals surface area contributed by atoms with Gasteiger partial charge in [0, 0.05) is 10.4 Å². The van der Waals surface area contributed by atoms with E-state index in [0.29, 0.717) is 4.67 Å². The highest BCUT2D eigenvalue weighted by atomic mass is 79.9. The Morgan fingerprint density at radius 3 is 2.62 bits per heavy atom. The molecule has 0 amide bonds. The van der Waals surface area contributed by atoms with Crippen molar-refractivity contribution in [2.24, 2.45) is 0 Å². The van der Waals surface area contributed by atoms with Crippen molar-refractivity contribution in [2.45, 2.75) is 0 Å². The van der Waals surface area contributed by atoms with Gasteiger partial charge in [-0.3, -0.25) is 0 Å².